The molecule has 0 saturated carbocycles. The Morgan fingerprint density at radius 2 is 1.88 bits per heavy atom. The molecular weight excluding hydrogens is 436 g/mol. The number of benzene rings is 1. The fourth-order valence-corrected chi connectivity index (χ4v) is 4.63. The van der Waals surface area contributed by atoms with Crippen molar-refractivity contribution in [3.8, 4) is 0 Å². The number of hydrogen-bond donors (Lipinski definition) is 0. The van der Waals surface area contributed by atoms with Gasteiger partial charge in [-0.15, -0.1) is 16.4 Å². The van der Waals surface area contributed by atoms with Gasteiger partial charge in [-0.2, -0.15) is 8.78 Å². The van der Waals surface area contributed by atoms with E-state index in [4.69, 9.17) is 9.68 Å². The van der Waals surface area contributed by atoms with Crippen LogP contribution in [-0.2, 0) is 20.4 Å². The average Bonchev–Trinajstić information content (AvgIpc) is 3.44. The summed E-state index contributed by atoms with van der Waals surface area (Å²) in [4.78, 5) is 27.3. The number of carbonyl (C=O) groups is 1. The molecule has 6 nitrogen and oxygen atoms in total. The van der Waals surface area contributed by atoms with E-state index in [9.17, 15) is 13.6 Å². The van der Waals surface area contributed by atoms with Crippen LogP contribution < -0.4 is 0 Å². The molecule has 1 fully saturated rings. The highest BCUT2D eigenvalue weighted by atomic mass is 32.1. The Kier molecular flexibility index (Phi) is 6.31. The summed E-state index contributed by atoms with van der Waals surface area (Å²) in [6, 6.07) is 7.66. The third-order valence-corrected chi connectivity index (χ3v) is 6.68. The van der Waals surface area contributed by atoms with Crippen LogP contribution in [0.4, 0.5) is 8.78 Å². The van der Waals surface area contributed by atoms with E-state index in [0.717, 1.165) is 17.8 Å². The number of hydrogen-bond acceptors (Lipinski definition) is 7. The van der Waals surface area contributed by atoms with Gasteiger partial charge in [0.05, 0.1) is 16.1 Å². The number of aromatic nitrogens is 1. The van der Waals surface area contributed by atoms with Gasteiger partial charge in [-0.1, -0.05) is 35.5 Å². The normalized spacial score (nSPS) is 20.7. The minimum absolute atomic E-state index is 0.00622. The van der Waals surface area contributed by atoms with Gasteiger partial charge >= 0.3 is 11.9 Å². The molecule has 0 N–H and O–H groups in total. The van der Waals surface area contributed by atoms with Crippen LogP contribution in [0.5, 0.6) is 0 Å². The van der Waals surface area contributed by atoms with Gasteiger partial charge in [0.2, 0.25) is 6.10 Å². The second-order valence-electron chi connectivity index (χ2n) is 9.23. The van der Waals surface area contributed by atoms with Crippen molar-refractivity contribution in [2.45, 2.75) is 58.0 Å². The van der Waals surface area contributed by atoms with Crippen LogP contribution in [-0.4, -0.2) is 40.9 Å². The van der Waals surface area contributed by atoms with Crippen LogP contribution in [0.2, 0.25) is 0 Å². The molecule has 172 valence electrons. The Labute approximate surface area is 190 Å². The highest BCUT2D eigenvalue weighted by Crippen LogP contribution is 2.39. The van der Waals surface area contributed by atoms with Crippen LogP contribution in [0.25, 0.3) is 0 Å². The molecule has 2 aromatic rings. The zero-order valence-electron chi connectivity index (χ0n) is 18.4. The van der Waals surface area contributed by atoms with E-state index in [1.807, 2.05) is 26.2 Å². The van der Waals surface area contributed by atoms with E-state index in [2.05, 4.69) is 10.1 Å². The highest BCUT2D eigenvalue weighted by Gasteiger charge is 2.47. The molecule has 1 aromatic carbocycles. The maximum Gasteiger partial charge on any atom is 0.330 e. The van der Waals surface area contributed by atoms with Gasteiger partial charge in [0.15, 0.2) is 0 Å². The van der Waals surface area contributed by atoms with Crippen molar-refractivity contribution in [3.63, 3.8) is 0 Å². The Morgan fingerprint density at radius 3 is 2.53 bits per heavy atom. The van der Waals surface area contributed by atoms with Gasteiger partial charge in [-0.25, -0.2) is 9.78 Å². The molecule has 0 bridgehead atoms. The van der Waals surface area contributed by atoms with Gasteiger partial charge < -0.3 is 9.68 Å². The fraction of sp³-hybridized carbons (Fsp3) is 0.522. The molecule has 1 unspecified atom stereocenters. The lowest BCUT2D eigenvalue weighted by atomic mass is 9.97. The summed E-state index contributed by atoms with van der Waals surface area (Å²) in [6.07, 6.45) is 0.280. The van der Waals surface area contributed by atoms with Gasteiger partial charge in [-0.3, -0.25) is 0 Å². The minimum Gasteiger partial charge on any atom is -0.385 e. The van der Waals surface area contributed by atoms with E-state index in [0.29, 0.717) is 24.5 Å². The van der Waals surface area contributed by atoms with Crippen LogP contribution in [0.15, 0.2) is 40.9 Å². The molecule has 32 heavy (non-hydrogen) atoms. The molecule has 1 saturated heterocycles. The summed E-state index contributed by atoms with van der Waals surface area (Å²) >= 11 is 1.51. The standard InChI is InChI=1S/C23H27F2N3O3S/c1-22(2,3)21(29)31-28-11-9-15(10-12-28)20-26-18(14-32-20)17-13-19(30-27-17)23(24,25)16-7-5-4-6-8-16/h4-8,14-15,19H,9-13H2,1-3H3. The van der Waals surface area contributed by atoms with Crippen LogP contribution in [0, 0.1) is 5.41 Å². The van der Waals surface area contributed by atoms with Gasteiger partial charge in [0, 0.05) is 36.4 Å². The molecule has 0 aliphatic carbocycles. The second kappa shape index (κ2) is 8.86. The van der Waals surface area contributed by atoms with Gasteiger partial charge in [0.25, 0.3) is 0 Å². The summed E-state index contributed by atoms with van der Waals surface area (Å²) < 4.78 is 29.6. The monoisotopic (exact) mass is 463 g/mol. The van der Waals surface area contributed by atoms with Crippen molar-refractivity contribution in [2.24, 2.45) is 10.6 Å². The van der Waals surface area contributed by atoms with Crippen molar-refractivity contribution < 1.29 is 23.3 Å². The zero-order valence-corrected chi connectivity index (χ0v) is 19.2. The molecule has 1 atom stereocenters. The molecular formula is C23H27F2N3O3S. The number of thiazole rings is 1. The molecule has 9 heteroatoms. The maximum atomic E-state index is 14.8. The molecule has 0 amide bonds. The predicted molar refractivity (Wildman–Crippen MR) is 118 cm³/mol. The number of oxime groups is 1. The Bertz CT molecular complexity index is 980. The smallest absolute Gasteiger partial charge is 0.330 e. The van der Waals surface area contributed by atoms with Crippen molar-refractivity contribution in [1.82, 2.24) is 10.0 Å². The summed E-state index contributed by atoms with van der Waals surface area (Å²) in [5.74, 6) is -3.14. The Morgan fingerprint density at radius 1 is 1.19 bits per heavy atom. The van der Waals surface area contributed by atoms with Crippen LogP contribution >= 0.6 is 11.3 Å². The van der Waals surface area contributed by atoms with E-state index >= 15 is 0 Å². The molecule has 4 rings (SSSR count). The number of carbonyl (C=O) groups excluding carboxylic acids is 1. The molecule has 2 aliphatic rings. The quantitative estimate of drug-likeness (QED) is 0.617. The van der Waals surface area contributed by atoms with E-state index < -0.39 is 17.4 Å². The highest BCUT2D eigenvalue weighted by molar-refractivity contribution is 7.10. The summed E-state index contributed by atoms with van der Waals surface area (Å²) in [6.45, 7) is 6.76. The number of piperidine rings is 1. The Hall–Kier alpha value is -2.39. The first-order chi connectivity index (χ1) is 15.1. The number of hydroxylamine groups is 2. The Balaban J connectivity index is 1.34. The van der Waals surface area contributed by atoms with Crippen molar-refractivity contribution in [2.75, 3.05) is 13.1 Å². The fourth-order valence-electron chi connectivity index (χ4n) is 3.63. The van der Waals surface area contributed by atoms with Crippen molar-refractivity contribution in [1.29, 1.82) is 0 Å². The number of rotatable bonds is 5. The minimum atomic E-state index is -3.14. The maximum absolute atomic E-state index is 14.8. The lowest BCUT2D eigenvalue weighted by Crippen LogP contribution is -2.38. The van der Waals surface area contributed by atoms with E-state index in [-0.39, 0.29) is 23.9 Å². The molecule has 1 aromatic heterocycles. The third-order valence-electron chi connectivity index (χ3n) is 5.68. The summed E-state index contributed by atoms with van der Waals surface area (Å²) in [5.41, 5.74) is 0.419. The third kappa shape index (κ3) is 4.83. The first kappa shape index (κ1) is 22.8. The summed E-state index contributed by atoms with van der Waals surface area (Å²) in [7, 11) is 0. The largest absolute Gasteiger partial charge is 0.385 e. The van der Waals surface area contributed by atoms with Gasteiger partial charge in [0.1, 0.15) is 5.71 Å². The molecule has 0 spiro atoms. The zero-order chi connectivity index (χ0) is 22.9. The molecule has 3 heterocycles. The molecule has 0 radical (unpaired) electrons. The van der Waals surface area contributed by atoms with Gasteiger partial charge in [-0.05, 0) is 33.6 Å². The lowest BCUT2D eigenvalue weighted by Gasteiger charge is -2.31. The lowest BCUT2D eigenvalue weighted by molar-refractivity contribution is -0.204. The van der Waals surface area contributed by atoms with Crippen molar-refractivity contribution >= 4 is 23.0 Å². The topological polar surface area (TPSA) is 64.0 Å². The summed E-state index contributed by atoms with van der Waals surface area (Å²) in [5, 5.41) is 8.43. The average molecular weight is 464 g/mol. The first-order valence-electron chi connectivity index (χ1n) is 10.7. The SMILES string of the molecule is CC(C)(C)C(=O)ON1CCC(c2nc(C3=NOC(C(F)(F)c4ccccc4)C3)cs2)CC1. The van der Waals surface area contributed by atoms with Crippen LogP contribution in [0.3, 0.4) is 0 Å². The number of nitrogens with zero attached hydrogens (tertiary/aromatic N) is 3. The second-order valence-corrected chi connectivity index (χ2v) is 10.1. The van der Waals surface area contributed by atoms with Crippen molar-refractivity contribution in [3.05, 3.63) is 52.0 Å². The van der Waals surface area contributed by atoms with E-state index in [1.165, 1.54) is 23.5 Å². The number of halogens is 2. The predicted octanol–water partition coefficient (Wildman–Crippen LogP) is 5.11. The van der Waals surface area contributed by atoms with Crippen LogP contribution in [0.1, 0.15) is 62.2 Å². The van der Waals surface area contributed by atoms with E-state index in [1.54, 1.807) is 23.3 Å². The number of alkyl halides is 2. The molecule has 2 aliphatic heterocycles. The first-order valence-corrected chi connectivity index (χ1v) is 11.6.